The van der Waals surface area contributed by atoms with Crippen LogP contribution in [0.3, 0.4) is 0 Å². The maximum Gasteiger partial charge on any atom is 0.246 e. The summed E-state index contributed by atoms with van der Waals surface area (Å²) in [5.41, 5.74) is 9.10. The molecule has 4 aromatic heterocycles. The Bertz CT molecular complexity index is 2490. The maximum atomic E-state index is 6.22. The highest BCUT2D eigenvalue weighted by molar-refractivity contribution is 5.63. The lowest BCUT2D eigenvalue weighted by Crippen LogP contribution is -1.98. The zero-order valence-electron chi connectivity index (χ0n) is 29.8. The molecule has 0 amide bonds. The monoisotopic (exact) mass is 712 g/mol. The van der Waals surface area contributed by atoms with Crippen molar-refractivity contribution in [2.45, 2.75) is 27.2 Å². The van der Waals surface area contributed by atoms with Crippen molar-refractivity contribution < 1.29 is 9.47 Å². The largest absolute Gasteiger partial charge is 0.457 e. The van der Waals surface area contributed by atoms with E-state index in [0.717, 1.165) is 50.8 Å². The molecule has 0 atom stereocenters. The van der Waals surface area contributed by atoms with Crippen LogP contribution in [0.25, 0.3) is 22.8 Å². The predicted octanol–water partition coefficient (Wildman–Crippen LogP) is 9.63. The zero-order chi connectivity index (χ0) is 36.9. The molecule has 4 aromatic carbocycles. The second kappa shape index (κ2) is 15.1. The Morgan fingerprint density at radius 2 is 1.09 bits per heavy atom. The van der Waals surface area contributed by atoms with Gasteiger partial charge in [0.1, 0.15) is 23.0 Å². The van der Waals surface area contributed by atoms with E-state index in [1.807, 2.05) is 78.9 Å². The first-order valence-electron chi connectivity index (χ1n) is 17.4. The molecule has 0 spiro atoms. The molecule has 0 bridgehead atoms. The van der Waals surface area contributed by atoms with Crippen molar-refractivity contribution in [3.8, 4) is 45.8 Å². The highest BCUT2D eigenvalue weighted by Gasteiger charge is 2.11. The molecule has 54 heavy (non-hydrogen) atoms. The Kier molecular flexibility index (Phi) is 9.45. The number of anilines is 4. The standard InChI is InChI=1S/C42H36N10O2/c1-26-20-27(2)22-34(21-26)46-42-48-40(50-52-42)30-7-12-36(13-8-30)54-38-16-19-44-33(25-38)24-31-23-32(9-4-28(31)3)45-41-47-39(49-51-41)29-5-10-35(11-6-29)53-37-14-17-43-18-15-37/h4-23,25H,24H2,1-3H3,(H2,45,47,49,51)(H2,46,48,50,52). The average Bonchev–Trinajstić information content (AvgIpc) is 3.84. The molecule has 0 saturated carbocycles. The number of aryl methyl sites for hydroxylation is 3. The highest BCUT2D eigenvalue weighted by atomic mass is 16.5. The van der Waals surface area contributed by atoms with Crippen molar-refractivity contribution >= 4 is 23.3 Å². The molecule has 0 fully saturated rings. The van der Waals surface area contributed by atoms with E-state index in [0.29, 0.717) is 41.5 Å². The van der Waals surface area contributed by atoms with Crippen LogP contribution >= 0.6 is 0 Å². The molecule has 0 aliphatic rings. The van der Waals surface area contributed by atoms with E-state index in [4.69, 9.17) is 9.47 Å². The molecule has 12 heteroatoms. The van der Waals surface area contributed by atoms with E-state index < -0.39 is 0 Å². The van der Waals surface area contributed by atoms with Crippen LogP contribution in [0.2, 0.25) is 0 Å². The molecular formula is C42H36N10O2. The van der Waals surface area contributed by atoms with Gasteiger partial charge in [-0.1, -0.05) is 12.1 Å². The number of benzene rings is 4. The molecule has 4 N–H and O–H groups in total. The van der Waals surface area contributed by atoms with Gasteiger partial charge in [-0.05, 0) is 134 Å². The minimum absolute atomic E-state index is 0.467. The number of nitrogens with zero attached hydrogens (tertiary/aromatic N) is 6. The molecule has 0 aliphatic heterocycles. The quantitative estimate of drug-likeness (QED) is 0.0964. The van der Waals surface area contributed by atoms with Gasteiger partial charge in [0.2, 0.25) is 11.9 Å². The van der Waals surface area contributed by atoms with Gasteiger partial charge in [-0.2, -0.15) is 9.97 Å². The van der Waals surface area contributed by atoms with Crippen molar-refractivity contribution in [2.75, 3.05) is 10.6 Å². The summed E-state index contributed by atoms with van der Waals surface area (Å²) >= 11 is 0. The smallest absolute Gasteiger partial charge is 0.246 e. The Morgan fingerprint density at radius 1 is 0.537 bits per heavy atom. The van der Waals surface area contributed by atoms with Crippen LogP contribution in [0.5, 0.6) is 23.0 Å². The van der Waals surface area contributed by atoms with E-state index in [9.17, 15) is 0 Å². The lowest BCUT2D eigenvalue weighted by atomic mass is 10.0. The van der Waals surface area contributed by atoms with Crippen molar-refractivity contribution in [1.29, 1.82) is 0 Å². The number of nitrogens with one attached hydrogen (secondary N) is 4. The molecule has 8 rings (SSSR count). The average molecular weight is 713 g/mol. The van der Waals surface area contributed by atoms with Gasteiger partial charge < -0.3 is 20.1 Å². The van der Waals surface area contributed by atoms with Gasteiger partial charge in [0.05, 0.1) is 0 Å². The van der Waals surface area contributed by atoms with Crippen molar-refractivity contribution in [3.63, 3.8) is 0 Å². The van der Waals surface area contributed by atoms with E-state index in [1.54, 1.807) is 18.6 Å². The second-order valence-electron chi connectivity index (χ2n) is 12.9. The number of pyridine rings is 2. The molecule has 266 valence electrons. The Hall–Kier alpha value is -7.34. The first-order chi connectivity index (χ1) is 26.4. The molecular weight excluding hydrogens is 677 g/mol. The summed E-state index contributed by atoms with van der Waals surface area (Å²) in [6.45, 7) is 6.22. The Labute approximate surface area is 311 Å². The van der Waals surface area contributed by atoms with E-state index in [-0.39, 0.29) is 0 Å². The van der Waals surface area contributed by atoms with Crippen molar-refractivity contribution in [2.24, 2.45) is 0 Å². The summed E-state index contributed by atoms with van der Waals surface area (Å²) < 4.78 is 12.1. The van der Waals surface area contributed by atoms with E-state index >= 15 is 0 Å². The second-order valence-corrected chi connectivity index (χ2v) is 12.9. The molecule has 8 aromatic rings. The zero-order valence-corrected chi connectivity index (χ0v) is 29.8. The van der Waals surface area contributed by atoms with Crippen LogP contribution < -0.4 is 20.1 Å². The molecule has 0 radical (unpaired) electrons. The number of hydrogen-bond acceptors (Lipinski definition) is 10. The van der Waals surface area contributed by atoms with E-state index in [1.165, 1.54) is 11.1 Å². The third-order valence-electron chi connectivity index (χ3n) is 8.59. The topological polar surface area (TPSA) is 151 Å². The van der Waals surface area contributed by atoms with Crippen LogP contribution in [0.1, 0.15) is 27.9 Å². The van der Waals surface area contributed by atoms with Crippen LogP contribution in [0.15, 0.2) is 128 Å². The third kappa shape index (κ3) is 8.24. The minimum atomic E-state index is 0.467. The predicted molar refractivity (Wildman–Crippen MR) is 209 cm³/mol. The number of ether oxygens (including phenoxy) is 2. The first-order valence-corrected chi connectivity index (χ1v) is 17.4. The molecule has 0 aliphatic carbocycles. The number of hydrogen-bond donors (Lipinski definition) is 4. The van der Waals surface area contributed by atoms with Crippen LogP contribution in [-0.4, -0.2) is 40.3 Å². The number of aromatic nitrogens is 8. The normalized spacial score (nSPS) is 10.9. The number of aromatic amines is 2. The molecule has 12 nitrogen and oxygen atoms in total. The lowest BCUT2D eigenvalue weighted by molar-refractivity contribution is 0.481. The lowest BCUT2D eigenvalue weighted by Gasteiger charge is -2.11. The van der Waals surface area contributed by atoms with Crippen molar-refractivity contribution in [1.82, 2.24) is 40.3 Å². The van der Waals surface area contributed by atoms with Crippen LogP contribution in [0.4, 0.5) is 23.3 Å². The summed E-state index contributed by atoms with van der Waals surface area (Å²) in [4.78, 5) is 17.9. The van der Waals surface area contributed by atoms with Crippen LogP contribution in [-0.2, 0) is 6.42 Å². The summed E-state index contributed by atoms with van der Waals surface area (Å²) in [5, 5.41) is 21.4. The van der Waals surface area contributed by atoms with Gasteiger partial charge in [0, 0.05) is 59.3 Å². The number of rotatable bonds is 12. The third-order valence-corrected chi connectivity index (χ3v) is 8.59. The molecule has 4 heterocycles. The SMILES string of the molecule is Cc1cc(C)cc(Nc2n[nH]c(-c3ccc(Oc4ccnc(Cc5cc(Nc6n[nH]c(-c7ccc(Oc8ccncc8)cc7)n6)ccc5C)c4)cc3)n2)c1. The van der Waals surface area contributed by atoms with Gasteiger partial charge in [-0.3, -0.25) is 20.2 Å². The van der Waals surface area contributed by atoms with Gasteiger partial charge in [0.15, 0.2) is 11.6 Å². The Morgan fingerprint density at radius 3 is 1.72 bits per heavy atom. The fourth-order valence-corrected chi connectivity index (χ4v) is 5.99. The fourth-order valence-electron chi connectivity index (χ4n) is 5.99. The number of H-pyrrole nitrogens is 2. The van der Waals surface area contributed by atoms with Gasteiger partial charge in [-0.25, -0.2) is 0 Å². The van der Waals surface area contributed by atoms with Crippen LogP contribution in [0, 0.1) is 20.8 Å². The first kappa shape index (κ1) is 33.8. The summed E-state index contributed by atoms with van der Waals surface area (Å²) in [7, 11) is 0. The van der Waals surface area contributed by atoms with Gasteiger partial charge in [-0.15, -0.1) is 10.2 Å². The highest BCUT2D eigenvalue weighted by Crippen LogP contribution is 2.28. The Balaban J connectivity index is 0.885. The summed E-state index contributed by atoms with van der Waals surface area (Å²) in [5.74, 6) is 5.12. The maximum absolute atomic E-state index is 6.22. The van der Waals surface area contributed by atoms with E-state index in [2.05, 4.69) is 102 Å². The van der Waals surface area contributed by atoms with Gasteiger partial charge in [0.25, 0.3) is 0 Å². The van der Waals surface area contributed by atoms with Crippen molar-refractivity contribution in [3.05, 3.63) is 156 Å². The summed E-state index contributed by atoms with van der Waals surface area (Å²) in [6.07, 6.45) is 5.77. The minimum Gasteiger partial charge on any atom is -0.457 e. The summed E-state index contributed by atoms with van der Waals surface area (Å²) in [6, 6.07) is 35.3. The van der Waals surface area contributed by atoms with Gasteiger partial charge >= 0.3 is 0 Å². The molecule has 0 saturated heterocycles. The molecule has 0 unspecified atom stereocenters. The fraction of sp³-hybridized carbons (Fsp3) is 0.0952.